The van der Waals surface area contributed by atoms with Crippen molar-refractivity contribution < 1.29 is 26.7 Å². The van der Waals surface area contributed by atoms with Gasteiger partial charge in [0.15, 0.2) is 11.6 Å². The smallest absolute Gasteiger partial charge is 0.402 e. The summed E-state index contributed by atoms with van der Waals surface area (Å²) in [5, 5.41) is 7.51. The molecule has 2 aliphatic carbocycles. The van der Waals surface area contributed by atoms with Crippen LogP contribution in [0.25, 0.3) is 11.3 Å². The molecule has 2 aliphatic rings. The number of nitrogens with zero attached hydrogens (tertiary/aromatic N) is 3. The summed E-state index contributed by atoms with van der Waals surface area (Å²) in [6, 6.07) is 3.20. The first-order valence-corrected chi connectivity index (χ1v) is 10.2. The summed E-state index contributed by atoms with van der Waals surface area (Å²) in [6.07, 6.45) is -4.22. The standard InChI is InChI=1S/C20H24F5N5O/c1-9(2)30-15(18-12-4-11(5-13(12)18)27-8-17(21)22)6-14(29-30)10-3-16(19(26)28-7-10)31-20(23,24)25/h3,6-7,9,11-13,17-18,27H,4-5,8H2,1-2H3,(H2,26,28)/t11-,12-,13+,18+. The van der Waals surface area contributed by atoms with Crippen molar-refractivity contribution in [1.29, 1.82) is 0 Å². The zero-order valence-electron chi connectivity index (χ0n) is 17.0. The van der Waals surface area contributed by atoms with E-state index in [-0.39, 0.29) is 30.4 Å². The number of ether oxygens (including phenoxy) is 1. The van der Waals surface area contributed by atoms with Crippen LogP contribution < -0.4 is 15.8 Å². The number of halogens is 5. The Kier molecular flexibility index (Phi) is 5.57. The molecular weight excluding hydrogens is 421 g/mol. The number of nitrogens with two attached hydrogens (primary N) is 1. The summed E-state index contributed by atoms with van der Waals surface area (Å²) in [7, 11) is 0. The maximum atomic E-state index is 12.6. The van der Waals surface area contributed by atoms with Crippen molar-refractivity contribution in [3.63, 3.8) is 0 Å². The van der Waals surface area contributed by atoms with Crippen molar-refractivity contribution in [2.24, 2.45) is 11.8 Å². The lowest BCUT2D eigenvalue weighted by molar-refractivity contribution is -0.274. The zero-order chi connectivity index (χ0) is 22.5. The first-order chi connectivity index (χ1) is 14.5. The molecule has 0 aliphatic heterocycles. The molecule has 0 bridgehead atoms. The largest absolute Gasteiger partial charge is 0.573 e. The van der Waals surface area contributed by atoms with Gasteiger partial charge in [-0.05, 0) is 50.7 Å². The summed E-state index contributed by atoms with van der Waals surface area (Å²) in [5.41, 5.74) is 7.38. The van der Waals surface area contributed by atoms with E-state index in [2.05, 4.69) is 20.1 Å². The van der Waals surface area contributed by atoms with Crippen LogP contribution in [0, 0.1) is 11.8 Å². The van der Waals surface area contributed by atoms with Crippen LogP contribution in [0.5, 0.6) is 5.75 Å². The van der Waals surface area contributed by atoms with Gasteiger partial charge in [0.1, 0.15) is 0 Å². The monoisotopic (exact) mass is 445 g/mol. The Morgan fingerprint density at radius 1 is 1.23 bits per heavy atom. The average molecular weight is 445 g/mol. The molecule has 2 heterocycles. The van der Waals surface area contributed by atoms with E-state index in [1.807, 2.05) is 24.6 Å². The van der Waals surface area contributed by atoms with Gasteiger partial charge in [-0.2, -0.15) is 5.10 Å². The van der Waals surface area contributed by atoms with Crippen LogP contribution in [0.4, 0.5) is 27.8 Å². The first-order valence-electron chi connectivity index (χ1n) is 10.2. The molecule has 0 amide bonds. The van der Waals surface area contributed by atoms with Gasteiger partial charge in [0.2, 0.25) is 0 Å². The Morgan fingerprint density at radius 3 is 2.48 bits per heavy atom. The number of hydrogen-bond donors (Lipinski definition) is 2. The normalized spacial score (nSPS) is 25.3. The molecular formula is C20H24F5N5O. The number of alkyl halides is 5. The highest BCUT2D eigenvalue weighted by atomic mass is 19.4. The highest BCUT2D eigenvalue weighted by Gasteiger charge is 2.57. The molecule has 6 nitrogen and oxygen atoms in total. The maximum Gasteiger partial charge on any atom is 0.573 e. The van der Waals surface area contributed by atoms with Crippen LogP contribution in [-0.2, 0) is 0 Å². The van der Waals surface area contributed by atoms with Crippen molar-refractivity contribution in [2.45, 2.75) is 57.5 Å². The molecule has 4 atom stereocenters. The van der Waals surface area contributed by atoms with E-state index < -0.39 is 18.5 Å². The number of hydrogen-bond acceptors (Lipinski definition) is 5. The van der Waals surface area contributed by atoms with E-state index in [0.717, 1.165) is 18.5 Å². The summed E-state index contributed by atoms with van der Waals surface area (Å²) >= 11 is 0. The average Bonchev–Trinajstić information content (AvgIpc) is 3.04. The van der Waals surface area contributed by atoms with Gasteiger partial charge >= 0.3 is 6.36 Å². The number of anilines is 1. The fourth-order valence-electron chi connectivity index (χ4n) is 4.72. The highest BCUT2D eigenvalue weighted by molar-refractivity contribution is 5.64. The maximum absolute atomic E-state index is 12.6. The first kappa shape index (κ1) is 21.8. The van der Waals surface area contributed by atoms with Gasteiger partial charge in [-0.25, -0.2) is 13.8 Å². The summed E-state index contributed by atoms with van der Waals surface area (Å²) in [5.74, 6) is 0.128. The molecule has 11 heteroatoms. The van der Waals surface area contributed by atoms with Gasteiger partial charge < -0.3 is 15.8 Å². The van der Waals surface area contributed by atoms with E-state index in [4.69, 9.17) is 5.73 Å². The lowest BCUT2D eigenvalue weighted by atomic mass is 10.0. The molecule has 0 spiro atoms. The molecule has 170 valence electrons. The molecule has 2 saturated carbocycles. The number of aromatic nitrogens is 3. The number of pyridine rings is 1. The molecule has 2 aromatic rings. The Hall–Kier alpha value is -2.43. The quantitative estimate of drug-likeness (QED) is 0.620. The van der Waals surface area contributed by atoms with Crippen LogP contribution in [0.2, 0.25) is 0 Å². The van der Waals surface area contributed by atoms with Crippen molar-refractivity contribution in [3.8, 4) is 17.0 Å². The van der Waals surface area contributed by atoms with Crippen molar-refractivity contribution in [1.82, 2.24) is 20.1 Å². The predicted molar refractivity (Wildman–Crippen MR) is 104 cm³/mol. The molecule has 0 radical (unpaired) electrons. The van der Waals surface area contributed by atoms with E-state index in [9.17, 15) is 22.0 Å². The van der Waals surface area contributed by atoms with E-state index in [0.29, 0.717) is 23.1 Å². The molecule has 0 saturated heterocycles. The lowest BCUT2D eigenvalue weighted by Crippen LogP contribution is -2.32. The molecule has 0 aromatic carbocycles. The lowest BCUT2D eigenvalue weighted by Gasteiger charge is -2.17. The second-order valence-electron chi connectivity index (χ2n) is 8.47. The summed E-state index contributed by atoms with van der Waals surface area (Å²) in [6.45, 7) is 3.66. The van der Waals surface area contributed by atoms with E-state index >= 15 is 0 Å². The molecule has 4 rings (SSSR count). The Balaban J connectivity index is 1.54. The number of nitrogen functional groups attached to an aromatic ring is 1. The van der Waals surface area contributed by atoms with Gasteiger partial charge in [-0.15, -0.1) is 13.2 Å². The summed E-state index contributed by atoms with van der Waals surface area (Å²) in [4.78, 5) is 3.82. The van der Waals surface area contributed by atoms with Crippen LogP contribution in [0.15, 0.2) is 18.3 Å². The van der Waals surface area contributed by atoms with Gasteiger partial charge in [0.25, 0.3) is 6.43 Å². The minimum absolute atomic E-state index is 0.0467. The Bertz CT molecular complexity index is 933. The van der Waals surface area contributed by atoms with Crippen LogP contribution >= 0.6 is 0 Å². The van der Waals surface area contributed by atoms with Gasteiger partial charge in [0.05, 0.1) is 12.2 Å². The van der Waals surface area contributed by atoms with Gasteiger partial charge in [-0.1, -0.05) is 0 Å². The molecule has 0 unspecified atom stereocenters. The number of fused-ring (bicyclic) bond motifs is 1. The molecule has 31 heavy (non-hydrogen) atoms. The second-order valence-corrected chi connectivity index (χ2v) is 8.47. The van der Waals surface area contributed by atoms with Crippen molar-refractivity contribution in [3.05, 3.63) is 24.0 Å². The minimum Gasteiger partial charge on any atom is -0.402 e. The Labute approximate surface area is 176 Å². The van der Waals surface area contributed by atoms with Crippen LogP contribution in [-0.4, -0.2) is 40.1 Å². The fraction of sp³-hybridized carbons (Fsp3) is 0.600. The topological polar surface area (TPSA) is 78.0 Å². The predicted octanol–water partition coefficient (Wildman–Crippen LogP) is 4.35. The SMILES string of the molecule is CC(C)n1nc(-c2cnc(N)c(OC(F)(F)F)c2)cc1[C@H]1[C@@H]2C[C@@H](NCC(F)F)C[C@@H]21. The van der Waals surface area contributed by atoms with Crippen LogP contribution in [0.3, 0.4) is 0 Å². The second kappa shape index (κ2) is 7.92. The number of rotatable bonds is 7. The van der Waals surface area contributed by atoms with Crippen LogP contribution in [0.1, 0.15) is 44.3 Å². The van der Waals surface area contributed by atoms with Gasteiger partial charge in [-0.3, -0.25) is 4.68 Å². The van der Waals surface area contributed by atoms with E-state index in [1.54, 1.807) is 0 Å². The Morgan fingerprint density at radius 2 is 1.90 bits per heavy atom. The number of nitrogens with one attached hydrogen (secondary N) is 1. The van der Waals surface area contributed by atoms with E-state index in [1.165, 1.54) is 12.3 Å². The molecule has 2 aromatic heterocycles. The third-order valence-corrected chi connectivity index (χ3v) is 6.00. The third kappa shape index (κ3) is 4.60. The van der Waals surface area contributed by atoms with Gasteiger partial charge in [0, 0.05) is 35.5 Å². The molecule has 3 N–H and O–H groups in total. The summed E-state index contributed by atoms with van der Waals surface area (Å²) < 4.78 is 68.6. The molecule has 2 fully saturated rings. The minimum atomic E-state index is -4.88. The highest BCUT2D eigenvalue weighted by Crippen LogP contribution is 2.63. The third-order valence-electron chi connectivity index (χ3n) is 6.00. The van der Waals surface area contributed by atoms with Crippen molar-refractivity contribution in [2.75, 3.05) is 12.3 Å². The fourth-order valence-corrected chi connectivity index (χ4v) is 4.72. The zero-order valence-corrected chi connectivity index (χ0v) is 17.0. The van der Waals surface area contributed by atoms with Crippen molar-refractivity contribution >= 4 is 5.82 Å².